The molecule has 0 bridgehead atoms. The molecule has 3 aromatic rings. The minimum absolute atomic E-state index is 0.0140. The second kappa shape index (κ2) is 6.11. The van der Waals surface area contributed by atoms with Crippen molar-refractivity contribution in [2.24, 2.45) is 0 Å². The molecular weight excluding hydrogens is 355 g/mol. The molecule has 130 valence electrons. The molecule has 26 heavy (non-hydrogen) atoms. The molecule has 0 fully saturated rings. The van der Waals surface area contributed by atoms with Crippen molar-refractivity contribution in [1.29, 1.82) is 0 Å². The quantitative estimate of drug-likeness (QED) is 0.738. The first-order chi connectivity index (χ1) is 12.5. The van der Waals surface area contributed by atoms with Crippen LogP contribution in [-0.2, 0) is 13.1 Å². The number of hydrogen-bond donors (Lipinski definition) is 1. The fourth-order valence-electron chi connectivity index (χ4n) is 3.31. The lowest BCUT2D eigenvalue weighted by Gasteiger charge is -2.15. The number of carbonyl (C=O) groups excluding carboxylic acids is 1. The number of benzene rings is 2. The number of aromatic nitrogens is 1. The maximum absolute atomic E-state index is 13.3. The third-order valence-corrected chi connectivity index (χ3v) is 4.85. The van der Waals surface area contributed by atoms with E-state index in [4.69, 9.17) is 11.6 Å². The summed E-state index contributed by atoms with van der Waals surface area (Å²) in [5.74, 6) is -0.908. The first-order valence-electron chi connectivity index (χ1n) is 7.98. The summed E-state index contributed by atoms with van der Waals surface area (Å²) in [6, 6.07) is 8.03. The summed E-state index contributed by atoms with van der Waals surface area (Å²) >= 11 is 5.82. The highest BCUT2D eigenvalue weighted by atomic mass is 35.5. The number of carbonyl (C=O) groups is 1. The van der Waals surface area contributed by atoms with E-state index in [9.17, 15) is 14.3 Å². The fraction of sp³-hybridized carbons (Fsp3) is 0.100. The van der Waals surface area contributed by atoms with Crippen LogP contribution in [0.5, 0.6) is 5.75 Å². The predicted octanol–water partition coefficient (Wildman–Crippen LogP) is 4.53. The zero-order chi connectivity index (χ0) is 18.4. The minimum Gasteiger partial charge on any atom is -0.505 e. The first kappa shape index (κ1) is 16.5. The highest BCUT2D eigenvalue weighted by Gasteiger charge is 2.32. The third-order valence-electron chi connectivity index (χ3n) is 4.56. The van der Waals surface area contributed by atoms with Crippen LogP contribution in [0.2, 0.25) is 5.02 Å². The van der Waals surface area contributed by atoms with Crippen LogP contribution in [0.25, 0.3) is 17.0 Å². The molecular formula is C20H14ClFN2O2. The van der Waals surface area contributed by atoms with Gasteiger partial charge in [0.1, 0.15) is 11.3 Å². The van der Waals surface area contributed by atoms with E-state index in [0.717, 1.165) is 16.5 Å². The fourth-order valence-corrected chi connectivity index (χ4v) is 3.51. The topological polar surface area (TPSA) is 53.4 Å². The van der Waals surface area contributed by atoms with Crippen LogP contribution in [0.4, 0.5) is 4.39 Å². The molecule has 1 aliphatic heterocycles. The Kier molecular flexibility index (Phi) is 3.89. The van der Waals surface area contributed by atoms with Gasteiger partial charge in [0.25, 0.3) is 5.91 Å². The molecule has 4 nitrogen and oxygen atoms in total. The van der Waals surface area contributed by atoms with Crippen molar-refractivity contribution in [3.63, 3.8) is 0 Å². The zero-order valence-corrected chi connectivity index (χ0v) is 14.4. The predicted molar refractivity (Wildman–Crippen MR) is 98.5 cm³/mol. The van der Waals surface area contributed by atoms with Crippen molar-refractivity contribution in [2.45, 2.75) is 13.1 Å². The maximum atomic E-state index is 13.3. The Labute approximate surface area is 154 Å². The van der Waals surface area contributed by atoms with Crippen molar-refractivity contribution in [2.75, 3.05) is 0 Å². The Balaban J connectivity index is 1.75. The van der Waals surface area contributed by atoms with Crippen molar-refractivity contribution < 1.29 is 14.3 Å². The number of hydrogen-bond acceptors (Lipinski definition) is 3. The Morgan fingerprint density at radius 3 is 2.88 bits per heavy atom. The number of phenolic OH excluding ortho intramolecular Hbond substituents is 1. The molecule has 1 amide bonds. The molecule has 4 rings (SSSR count). The Hall–Kier alpha value is -2.92. The molecule has 6 heteroatoms. The minimum atomic E-state index is -0.502. The van der Waals surface area contributed by atoms with Crippen LogP contribution in [0.3, 0.4) is 0 Å². The summed E-state index contributed by atoms with van der Waals surface area (Å²) in [6.45, 7) is 4.39. The van der Waals surface area contributed by atoms with E-state index in [1.807, 2.05) is 6.07 Å². The molecule has 0 radical (unpaired) electrons. The summed E-state index contributed by atoms with van der Waals surface area (Å²) < 4.78 is 13.3. The van der Waals surface area contributed by atoms with Gasteiger partial charge in [-0.3, -0.25) is 9.78 Å². The second-order valence-corrected chi connectivity index (χ2v) is 6.58. The number of phenols is 1. The Morgan fingerprint density at radius 1 is 1.35 bits per heavy atom. The average Bonchev–Trinajstić information content (AvgIpc) is 2.94. The highest BCUT2D eigenvalue weighted by Crippen LogP contribution is 2.38. The average molecular weight is 369 g/mol. The lowest BCUT2D eigenvalue weighted by Crippen LogP contribution is -2.23. The largest absolute Gasteiger partial charge is 0.505 e. The molecule has 0 aliphatic carbocycles. The van der Waals surface area contributed by atoms with Crippen molar-refractivity contribution >= 4 is 34.5 Å². The van der Waals surface area contributed by atoms with Gasteiger partial charge in [-0.25, -0.2) is 4.39 Å². The molecule has 0 saturated heterocycles. The van der Waals surface area contributed by atoms with Gasteiger partial charge in [0.15, 0.2) is 5.75 Å². The van der Waals surface area contributed by atoms with Gasteiger partial charge < -0.3 is 10.0 Å². The third kappa shape index (κ3) is 2.52. The van der Waals surface area contributed by atoms with Crippen molar-refractivity contribution in [1.82, 2.24) is 9.88 Å². The van der Waals surface area contributed by atoms with Gasteiger partial charge in [0.2, 0.25) is 0 Å². The van der Waals surface area contributed by atoms with E-state index in [1.54, 1.807) is 29.3 Å². The van der Waals surface area contributed by atoms with Crippen LogP contribution in [0.15, 0.2) is 43.1 Å². The summed E-state index contributed by atoms with van der Waals surface area (Å²) in [7, 11) is 0. The van der Waals surface area contributed by atoms with E-state index in [2.05, 4.69) is 11.6 Å². The number of fused-ring (bicyclic) bond motifs is 2. The Morgan fingerprint density at radius 2 is 2.15 bits per heavy atom. The summed E-state index contributed by atoms with van der Waals surface area (Å²) in [5.41, 5.74) is 2.92. The lowest BCUT2D eigenvalue weighted by atomic mass is 10.0. The van der Waals surface area contributed by atoms with E-state index >= 15 is 0 Å². The van der Waals surface area contributed by atoms with Gasteiger partial charge in [-0.1, -0.05) is 30.3 Å². The van der Waals surface area contributed by atoms with Crippen LogP contribution in [0, 0.1) is 5.82 Å². The summed E-state index contributed by atoms with van der Waals surface area (Å²) in [4.78, 5) is 18.6. The second-order valence-electron chi connectivity index (χ2n) is 6.17. The van der Waals surface area contributed by atoms with E-state index < -0.39 is 5.82 Å². The van der Waals surface area contributed by atoms with Crippen molar-refractivity contribution in [3.05, 3.63) is 76.2 Å². The molecule has 1 aromatic heterocycles. The van der Waals surface area contributed by atoms with Gasteiger partial charge in [0, 0.05) is 24.7 Å². The maximum Gasteiger partial charge on any atom is 0.258 e. The first-order valence-corrected chi connectivity index (χ1v) is 8.36. The number of aromatic hydroxyl groups is 1. The van der Waals surface area contributed by atoms with Gasteiger partial charge in [-0.15, -0.1) is 0 Å². The van der Waals surface area contributed by atoms with Gasteiger partial charge in [-0.05, 0) is 41.0 Å². The zero-order valence-electron chi connectivity index (χ0n) is 13.7. The molecule has 2 aromatic carbocycles. The van der Waals surface area contributed by atoms with Gasteiger partial charge >= 0.3 is 0 Å². The number of amides is 1. The number of rotatable bonds is 3. The molecule has 0 saturated carbocycles. The van der Waals surface area contributed by atoms with Crippen LogP contribution < -0.4 is 0 Å². The molecule has 0 atom stereocenters. The van der Waals surface area contributed by atoms with Crippen LogP contribution >= 0.6 is 11.6 Å². The molecule has 1 aliphatic rings. The molecule has 2 heterocycles. The van der Waals surface area contributed by atoms with E-state index in [0.29, 0.717) is 17.6 Å². The number of pyridine rings is 1. The van der Waals surface area contributed by atoms with Crippen molar-refractivity contribution in [3.8, 4) is 5.75 Å². The standard InChI is InChI=1S/C20H14ClFN2O2/c1-2-12-5-6-23-18-14(12)8-13-10-24(20(26)17(13)19(18)25)9-11-3-4-16(22)15(21)7-11/h2-8,25H,1,9-10H2. The van der Waals surface area contributed by atoms with E-state index in [-0.39, 0.29) is 28.8 Å². The normalized spacial score (nSPS) is 13.3. The lowest BCUT2D eigenvalue weighted by molar-refractivity contribution is 0.0764. The molecule has 1 N–H and O–H groups in total. The SMILES string of the molecule is C=Cc1ccnc2c(O)c3c(cc12)CN(Cc1ccc(F)c(Cl)c1)C3=O. The number of halogens is 2. The number of nitrogens with zero attached hydrogens (tertiary/aromatic N) is 2. The van der Waals surface area contributed by atoms with E-state index in [1.165, 1.54) is 12.1 Å². The summed E-state index contributed by atoms with van der Waals surface area (Å²) in [5, 5.41) is 11.4. The molecule has 0 spiro atoms. The smallest absolute Gasteiger partial charge is 0.258 e. The molecule has 0 unspecified atom stereocenters. The highest BCUT2D eigenvalue weighted by molar-refractivity contribution is 6.30. The van der Waals surface area contributed by atoms with Gasteiger partial charge in [0.05, 0.1) is 10.6 Å². The van der Waals surface area contributed by atoms with Gasteiger partial charge in [-0.2, -0.15) is 0 Å². The monoisotopic (exact) mass is 368 g/mol. The summed E-state index contributed by atoms with van der Waals surface area (Å²) in [6.07, 6.45) is 3.26. The Bertz CT molecular complexity index is 1080. The van der Waals surface area contributed by atoms with Crippen LogP contribution in [0.1, 0.15) is 27.0 Å². The van der Waals surface area contributed by atoms with Crippen LogP contribution in [-0.4, -0.2) is 20.9 Å².